The number of carboxylic acid groups (broad SMARTS) is 1. The standard InChI is InChI=1S/C20H21NO5/c1-25-17-10-14-8-9-21(20(24)13-6-4-3-5-7-13)16(12-19(22)23)15(14)11-18(17)26-2/h3-7,10-11,16H,8-9,12H2,1-2H3,(H,22,23)/t16-/m1/s1. The maximum Gasteiger partial charge on any atom is 0.305 e. The number of methoxy groups -OCH3 is 2. The number of carbonyl (C=O) groups is 2. The van der Waals surface area contributed by atoms with Crippen molar-refractivity contribution in [3.63, 3.8) is 0 Å². The van der Waals surface area contributed by atoms with E-state index < -0.39 is 12.0 Å². The zero-order valence-corrected chi connectivity index (χ0v) is 14.8. The van der Waals surface area contributed by atoms with Crippen molar-refractivity contribution in [2.75, 3.05) is 20.8 Å². The number of carboxylic acids is 1. The largest absolute Gasteiger partial charge is 0.493 e. The molecule has 0 bridgehead atoms. The molecule has 2 aromatic rings. The predicted molar refractivity (Wildman–Crippen MR) is 95.7 cm³/mol. The third-order valence-corrected chi connectivity index (χ3v) is 4.65. The smallest absolute Gasteiger partial charge is 0.305 e. The highest BCUT2D eigenvalue weighted by Gasteiger charge is 2.34. The summed E-state index contributed by atoms with van der Waals surface area (Å²) in [4.78, 5) is 26.1. The number of nitrogens with zero attached hydrogens (tertiary/aromatic N) is 1. The Morgan fingerprint density at radius 3 is 2.38 bits per heavy atom. The highest BCUT2D eigenvalue weighted by Crippen LogP contribution is 2.39. The number of aliphatic carboxylic acids is 1. The highest BCUT2D eigenvalue weighted by atomic mass is 16.5. The minimum atomic E-state index is -0.955. The lowest BCUT2D eigenvalue weighted by Gasteiger charge is -2.37. The van der Waals surface area contributed by atoms with Gasteiger partial charge in [-0.2, -0.15) is 0 Å². The van der Waals surface area contributed by atoms with E-state index in [2.05, 4.69) is 0 Å². The van der Waals surface area contributed by atoms with Crippen LogP contribution in [0.5, 0.6) is 11.5 Å². The summed E-state index contributed by atoms with van der Waals surface area (Å²) in [5, 5.41) is 9.39. The Morgan fingerprint density at radius 2 is 1.77 bits per heavy atom. The van der Waals surface area contributed by atoms with Gasteiger partial charge in [-0.25, -0.2) is 0 Å². The molecule has 0 spiro atoms. The summed E-state index contributed by atoms with van der Waals surface area (Å²) in [5.74, 6) is -0.000378. The molecule has 136 valence electrons. The van der Waals surface area contributed by atoms with Gasteiger partial charge in [-0.1, -0.05) is 18.2 Å². The Morgan fingerprint density at radius 1 is 1.12 bits per heavy atom. The van der Waals surface area contributed by atoms with Crippen molar-refractivity contribution in [2.45, 2.75) is 18.9 Å². The van der Waals surface area contributed by atoms with Crippen LogP contribution in [0.4, 0.5) is 0 Å². The first-order valence-corrected chi connectivity index (χ1v) is 8.37. The molecule has 3 rings (SSSR count). The van der Waals surface area contributed by atoms with Gasteiger partial charge in [-0.15, -0.1) is 0 Å². The average Bonchev–Trinajstić information content (AvgIpc) is 2.67. The molecule has 6 nitrogen and oxygen atoms in total. The van der Waals surface area contributed by atoms with E-state index in [0.29, 0.717) is 30.0 Å². The summed E-state index contributed by atoms with van der Waals surface area (Å²) in [6.45, 7) is 0.453. The van der Waals surface area contributed by atoms with E-state index in [-0.39, 0.29) is 12.3 Å². The van der Waals surface area contributed by atoms with E-state index in [0.717, 1.165) is 11.1 Å². The van der Waals surface area contributed by atoms with E-state index in [1.54, 1.807) is 42.3 Å². The molecule has 0 radical (unpaired) electrons. The SMILES string of the molecule is COc1cc2c(cc1OC)[C@@H](CC(=O)O)N(C(=O)c1ccccc1)CC2. The number of hydrogen-bond donors (Lipinski definition) is 1. The first kappa shape index (κ1) is 17.8. The van der Waals surface area contributed by atoms with Gasteiger partial charge in [0.05, 0.1) is 26.7 Å². The summed E-state index contributed by atoms with van der Waals surface area (Å²) >= 11 is 0. The molecule has 0 aliphatic carbocycles. The molecule has 2 aromatic carbocycles. The molecule has 1 amide bonds. The fourth-order valence-electron chi connectivity index (χ4n) is 3.40. The molecule has 1 N–H and O–H groups in total. The Labute approximate surface area is 152 Å². The predicted octanol–water partition coefficient (Wildman–Crippen LogP) is 2.92. The van der Waals surface area contributed by atoms with Crippen LogP contribution in [0.25, 0.3) is 0 Å². The summed E-state index contributed by atoms with van der Waals surface area (Å²) in [7, 11) is 3.10. The second-order valence-corrected chi connectivity index (χ2v) is 6.13. The number of benzene rings is 2. The van der Waals surface area contributed by atoms with E-state index in [1.165, 1.54) is 7.11 Å². The summed E-state index contributed by atoms with van der Waals surface area (Å²) in [6, 6.07) is 12.0. The molecular formula is C20H21NO5. The van der Waals surface area contributed by atoms with E-state index in [9.17, 15) is 14.7 Å². The minimum Gasteiger partial charge on any atom is -0.493 e. The van der Waals surface area contributed by atoms with E-state index in [1.807, 2.05) is 12.1 Å². The molecule has 0 fully saturated rings. The van der Waals surface area contributed by atoms with Crippen molar-refractivity contribution < 1.29 is 24.2 Å². The minimum absolute atomic E-state index is 0.166. The lowest BCUT2D eigenvalue weighted by molar-refractivity contribution is -0.138. The molecule has 1 aliphatic rings. The lowest BCUT2D eigenvalue weighted by atomic mass is 9.89. The molecule has 0 unspecified atom stereocenters. The van der Waals surface area contributed by atoms with Crippen LogP contribution in [0.1, 0.15) is 33.9 Å². The molecule has 0 saturated carbocycles. The monoisotopic (exact) mass is 355 g/mol. The van der Waals surface area contributed by atoms with Gasteiger partial charge in [-0.05, 0) is 41.8 Å². The third-order valence-electron chi connectivity index (χ3n) is 4.65. The summed E-state index contributed by atoms with van der Waals surface area (Å²) in [6.07, 6.45) is 0.464. The Bertz CT molecular complexity index is 818. The van der Waals surface area contributed by atoms with Crippen molar-refractivity contribution in [1.82, 2.24) is 4.90 Å². The summed E-state index contributed by atoms with van der Waals surface area (Å²) < 4.78 is 10.7. The van der Waals surface area contributed by atoms with Crippen molar-refractivity contribution in [1.29, 1.82) is 0 Å². The van der Waals surface area contributed by atoms with Crippen LogP contribution in [0, 0.1) is 0 Å². The zero-order chi connectivity index (χ0) is 18.7. The van der Waals surface area contributed by atoms with Crippen LogP contribution in [0.2, 0.25) is 0 Å². The molecule has 26 heavy (non-hydrogen) atoms. The second-order valence-electron chi connectivity index (χ2n) is 6.13. The van der Waals surface area contributed by atoms with Gasteiger partial charge in [0.1, 0.15) is 0 Å². The van der Waals surface area contributed by atoms with Crippen LogP contribution in [-0.4, -0.2) is 42.6 Å². The normalized spacial score (nSPS) is 15.9. The van der Waals surface area contributed by atoms with Crippen molar-refractivity contribution in [2.24, 2.45) is 0 Å². The maximum absolute atomic E-state index is 13.0. The van der Waals surface area contributed by atoms with Gasteiger partial charge in [0.2, 0.25) is 0 Å². The average molecular weight is 355 g/mol. The molecule has 0 aromatic heterocycles. The molecule has 1 aliphatic heterocycles. The van der Waals surface area contributed by atoms with Gasteiger partial charge in [0, 0.05) is 12.1 Å². The van der Waals surface area contributed by atoms with Crippen molar-refractivity contribution in [3.05, 3.63) is 59.2 Å². The second kappa shape index (κ2) is 7.47. The molecular weight excluding hydrogens is 334 g/mol. The van der Waals surface area contributed by atoms with Crippen LogP contribution >= 0.6 is 0 Å². The van der Waals surface area contributed by atoms with Crippen LogP contribution in [0.15, 0.2) is 42.5 Å². The quantitative estimate of drug-likeness (QED) is 0.892. The molecule has 6 heteroatoms. The topological polar surface area (TPSA) is 76.1 Å². The van der Waals surface area contributed by atoms with Crippen LogP contribution < -0.4 is 9.47 Å². The number of ether oxygens (including phenoxy) is 2. The van der Waals surface area contributed by atoms with E-state index >= 15 is 0 Å². The van der Waals surface area contributed by atoms with Gasteiger partial charge in [0.25, 0.3) is 5.91 Å². The fourth-order valence-corrected chi connectivity index (χ4v) is 3.40. The number of fused-ring (bicyclic) bond motifs is 1. The first-order valence-electron chi connectivity index (χ1n) is 8.37. The Kier molecular flexibility index (Phi) is 5.11. The number of carbonyl (C=O) groups excluding carboxylic acids is 1. The van der Waals surface area contributed by atoms with Gasteiger partial charge >= 0.3 is 5.97 Å². The van der Waals surface area contributed by atoms with E-state index in [4.69, 9.17) is 9.47 Å². The van der Waals surface area contributed by atoms with Crippen molar-refractivity contribution >= 4 is 11.9 Å². The van der Waals surface area contributed by atoms with Crippen molar-refractivity contribution in [3.8, 4) is 11.5 Å². The molecule has 0 saturated heterocycles. The maximum atomic E-state index is 13.0. The Hall–Kier alpha value is -3.02. The van der Waals surface area contributed by atoms with Gasteiger partial charge < -0.3 is 19.5 Å². The first-order chi connectivity index (χ1) is 12.5. The lowest BCUT2D eigenvalue weighted by Crippen LogP contribution is -2.41. The number of amides is 1. The third kappa shape index (κ3) is 3.35. The van der Waals surface area contributed by atoms with Crippen LogP contribution in [-0.2, 0) is 11.2 Å². The van der Waals surface area contributed by atoms with Gasteiger partial charge in [-0.3, -0.25) is 9.59 Å². The molecule has 1 heterocycles. The zero-order valence-electron chi connectivity index (χ0n) is 14.8. The summed E-state index contributed by atoms with van der Waals surface area (Å²) in [5.41, 5.74) is 2.32. The number of rotatable bonds is 5. The number of hydrogen-bond acceptors (Lipinski definition) is 4. The fraction of sp³-hybridized carbons (Fsp3) is 0.300. The van der Waals surface area contributed by atoms with Crippen LogP contribution in [0.3, 0.4) is 0 Å². The Balaban J connectivity index is 2.04. The highest BCUT2D eigenvalue weighted by molar-refractivity contribution is 5.95. The molecule has 1 atom stereocenters. The van der Waals surface area contributed by atoms with Gasteiger partial charge in [0.15, 0.2) is 11.5 Å².